The summed E-state index contributed by atoms with van der Waals surface area (Å²) in [6, 6.07) is 6.50. The first-order valence-corrected chi connectivity index (χ1v) is 5.19. The summed E-state index contributed by atoms with van der Waals surface area (Å²) in [6.45, 7) is 0. The van der Waals surface area contributed by atoms with Crippen molar-refractivity contribution in [1.82, 2.24) is 4.98 Å². The van der Waals surface area contributed by atoms with Crippen molar-refractivity contribution < 1.29 is 13.9 Å². The molecule has 0 bridgehead atoms. The van der Waals surface area contributed by atoms with E-state index in [-0.39, 0.29) is 12.0 Å². The Morgan fingerprint density at radius 3 is 2.53 bits per heavy atom. The molecule has 0 aliphatic rings. The number of aliphatic hydroxyl groups is 1. The molecule has 0 radical (unpaired) electrons. The van der Waals surface area contributed by atoms with Gasteiger partial charge in [0.15, 0.2) is 0 Å². The standard InChI is InChI=1S/C13H11F2NO/c14-10-1-2-12(15)11(8-10)13(17)7-9-3-5-16-6-4-9/h1-6,8,13,17H,7H2. The van der Waals surface area contributed by atoms with Crippen molar-refractivity contribution in [3.63, 3.8) is 0 Å². The molecule has 88 valence electrons. The monoisotopic (exact) mass is 235 g/mol. The second kappa shape index (κ2) is 5.01. The van der Waals surface area contributed by atoms with Crippen LogP contribution in [0.3, 0.4) is 0 Å². The van der Waals surface area contributed by atoms with Crippen LogP contribution in [0.5, 0.6) is 0 Å². The second-order valence-corrected chi connectivity index (χ2v) is 3.74. The highest BCUT2D eigenvalue weighted by atomic mass is 19.1. The topological polar surface area (TPSA) is 33.1 Å². The van der Waals surface area contributed by atoms with Crippen LogP contribution in [0.1, 0.15) is 17.2 Å². The quantitative estimate of drug-likeness (QED) is 0.887. The van der Waals surface area contributed by atoms with E-state index in [1.165, 1.54) is 0 Å². The Labute approximate surface area is 97.6 Å². The van der Waals surface area contributed by atoms with Gasteiger partial charge in [-0.05, 0) is 35.9 Å². The molecule has 0 spiro atoms. The molecule has 1 aromatic carbocycles. The summed E-state index contributed by atoms with van der Waals surface area (Å²) < 4.78 is 26.3. The van der Waals surface area contributed by atoms with Gasteiger partial charge in [-0.3, -0.25) is 4.98 Å². The number of hydrogen-bond donors (Lipinski definition) is 1. The van der Waals surface area contributed by atoms with E-state index in [2.05, 4.69) is 4.98 Å². The van der Waals surface area contributed by atoms with E-state index in [4.69, 9.17) is 0 Å². The van der Waals surface area contributed by atoms with Gasteiger partial charge in [0.1, 0.15) is 11.6 Å². The molecule has 4 heteroatoms. The molecule has 0 aliphatic heterocycles. The Balaban J connectivity index is 2.20. The van der Waals surface area contributed by atoms with Crippen molar-refractivity contribution in [3.05, 3.63) is 65.5 Å². The molecule has 0 amide bonds. The first kappa shape index (κ1) is 11.7. The molecule has 0 aliphatic carbocycles. The third kappa shape index (κ3) is 2.85. The zero-order valence-electron chi connectivity index (χ0n) is 8.98. The molecule has 2 nitrogen and oxygen atoms in total. The summed E-state index contributed by atoms with van der Waals surface area (Å²) in [5, 5.41) is 9.85. The van der Waals surface area contributed by atoms with Gasteiger partial charge < -0.3 is 5.11 Å². The molecule has 1 atom stereocenters. The van der Waals surface area contributed by atoms with Gasteiger partial charge in [0.05, 0.1) is 6.10 Å². The SMILES string of the molecule is OC(Cc1ccncc1)c1cc(F)ccc1F. The van der Waals surface area contributed by atoms with Gasteiger partial charge in [-0.2, -0.15) is 0 Å². The van der Waals surface area contributed by atoms with Gasteiger partial charge in [0.25, 0.3) is 0 Å². The van der Waals surface area contributed by atoms with Crippen LogP contribution in [0.2, 0.25) is 0 Å². The lowest BCUT2D eigenvalue weighted by Crippen LogP contribution is -2.05. The lowest BCUT2D eigenvalue weighted by atomic mass is 10.0. The third-order valence-electron chi connectivity index (χ3n) is 2.50. The fraction of sp³-hybridized carbons (Fsp3) is 0.154. The smallest absolute Gasteiger partial charge is 0.129 e. The van der Waals surface area contributed by atoms with E-state index in [1.54, 1.807) is 24.5 Å². The number of nitrogens with zero attached hydrogens (tertiary/aromatic N) is 1. The van der Waals surface area contributed by atoms with E-state index in [0.29, 0.717) is 0 Å². The normalized spacial score (nSPS) is 12.4. The summed E-state index contributed by atoms with van der Waals surface area (Å²) in [5.74, 6) is -1.16. The Morgan fingerprint density at radius 1 is 1.12 bits per heavy atom. The number of hydrogen-bond acceptors (Lipinski definition) is 2. The summed E-state index contributed by atoms with van der Waals surface area (Å²) in [5.41, 5.74) is 0.790. The van der Waals surface area contributed by atoms with Crippen molar-refractivity contribution in [2.75, 3.05) is 0 Å². The first-order valence-electron chi connectivity index (χ1n) is 5.19. The summed E-state index contributed by atoms with van der Waals surface area (Å²) in [4.78, 5) is 3.84. The number of aromatic nitrogens is 1. The van der Waals surface area contributed by atoms with Crippen molar-refractivity contribution in [3.8, 4) is 0 Å². The largest absolute Gasteiger partial charge is 0.388 e. The second-order valence-electron chi connectivity index (χ2n) is 3.74. The fourth-order valence-electron chi connectivity index (χ4n) is 1.62. The van der Waals surface area contributed by atoms with Gasteiger partial charge in [-0.25, -0.2) is 8.78 Å². The molecule has 1 unspecified atom stereocenters. The molecule has 2 aromatic rings. The predicted octanol–water partition coefficient (Wildman–Crippen LogP) is 2.64. The van der Waals surface area contributed by atoms with Crippen LogP contribution in [0.15, 0.2) is 42.7 Å². The maximum Gasteiger partial charge on any atom is 0.129 e. The Bertz CT molecular complexity index is 502. The minimum atomic E-state index is -1.06. The zero-order chi connectivity index (χ0) is 12.3. The maximum atomic E-state index is 13.4. The molecule has 2 rings (SSSR count). The highest BCUT2D eigenvalue weighted by molar-refractivity contribution is 5.23. The first-order chi connectivity index (χ1) is 8.16. The third-order valence-corrected chi connectivity index (χ3v) is 2.50. The van der Waals surface area contributed by atoms with Crippen LogP contribution < -0.4 is 0 Å². The van der Waals surface area contributed by atoms with Gasteiger partial charge in [-0.1, -0.05) is 0 Å². The number of aliphatic hydroxyl groups excluding tert-OH is 1. The number of halogens is 2. The minimum Gasteiger partial charge on any atom is -0.388 e. The van der Waals surface area contributed by atoms with Crippen molar-refractivity contribution in [1.29, 1.82) is 0 Å². The lowest BCUT2D eigenvalue weighted by Gasteiger charge is -2.11. The Kier molecular flexibility index (Phi) is 3.44. The highest BCUT2D eigenvalue weighted by Gasteiger charge is 2.14. The number of rotatable bonds is 3. The molecule has 0 fully saturated rings. The predicted molar refractivity (Wildman–Crippen MR) is 59.3 cm³/mol. The lowest BCUT2D eigenvalue weighted by molar-refractivity contribution is 0.173. The van der Waals surface area contributed by atoms with Gasteiger partial charge in [-0.15, -0.1) is 0 Å². The van der Waals surface area contributed by atoms with Crippen LogP contribution in [0, 0.1) is 11.6 Å². The van der Waals surface area contributed by atoms with Crippen molar-refractivity contribution in [2.45, 2.75) is 12.5 Å². The fourth-order valence-corrected chi connectivity index (χ4v) is 1.62. The van der Waals surface area contributed by atoms with E-state index < -0.39 is 17.7 Å². The summed E-state index contributed by atoms with van der Waals surface area (Å²) in [7, 11) is 0. The molecule has 1 heterocycles. The number of pyridine rings is 1. The zero-order valence-corrected chi connectivity index (χ0v) is 8.98. The molecule has 1 N–H and O–H groups in total. The highest BCUT2D eigenvalue weighted by Crippen LogP contribution is 2.21. The molecule has 0 saturated carbocycles. The van der Waals surface area contributed by atoms with Crippen molar-refractivity contribution in [2.24, 2.45) is 0 Å². The van der Waals surface area contributed by atoms with Crippen molar-refractivity contribution >= 4 is 0 Å². The van der Waals surface area contributed by atoms with E-state index >= 15 is 0 Å². The minimum absolute atomic E-state index is 0.0261. The van der Waals surface area contributed by atoms with Crippen LogP contribution in [-0.2, 0) is 6.42 Å². The molecule has 1 aromatic heterocycles. The Hall–Kier alpha value is -1.81. The van der Waals surface area contributed by atoms with E-state index in [0.717, 1.165) is 23.8 Å². The number of benzene rings is 1. The average molecular weight is 235 g/mol. The molecule has 17 heavy (non-hydrogen) atoms. The van der Waals surface area contributed by atoms with Gasteiger partial charge >= 0.3 is 0 Å². The average Bonchev–Trinajstić information content (AvgIpc) is 2.33. The van der Waals surface area contributed by atoms with Crippen LogP contribution >= 0.6 is 0 Å². The summed E-state index contributed by atoms with van der Waals surface area (Å²) >= 11 is 0. The molecular formula is C13H11F2NO. The molecule has 0 saturated heterocycles. The van der Waals surface area contributed by atoms with Gasteiger partial charge in [0.2, 0.25) is 0 Å². The van der Waals surface area contributed by atoms with E-state index in [9.17, 15) is 13.9 Å². The van der Waals surface area contributed by atoms with Crippen LogP contribution in [0.4, 0.5) is 8.78 Å². The van der Waals surface area contributed by atoms with Crippen LogP contribution in [0.25, 0.3) is 0 Å². The maximum absolute atomic E-state index is 13.4. The molecular weight excluding hydrogens is 224 g/mol. The van der Waals surface area contributed by atoms with E-state index in [1.807, 2.05) is 0 Å². The Morgan fingerprint density at radius 2 is 1.82 bits per heavy atom. The van der Waals surface area contributed by atoms with Crippen LogP contribution in [-0.4, -0.2) is 10.1 Å². The summed E-state index contributed by atoms with van der Waals surface area (Å²) in [6.07, 6.45) is 2.34. The van der Waals surface area contributed by atoms with Gasteiger partial charge in [0, 0.05) is 24.4 Å².